The van der Waals surface area contributed by atoms with Crippen LogP contribution in [0.2, 0.25) is 0 Å². The number of nitrogens with one attached hydrogen (secondary N) is 1. The lowest BCUT2D eigenvalue weighted by Crippen LogP contribution is -2.48. The van der Waals surface area contributed by atoms with Crippen molar-refractivity contribution in [3.05, 3.63) is 11.8 Å². The average molecular weight is 164 g/mol. The van der Waals surface area contributed by atoms with Crippen LogP contribution < -0.4 is 5.32 Å². The number of aliphatic imine (C=N–C) groups is 1. The van der Waals surface area contributed by atoms with E-state index in [4.69, 9.17) is 0 Å². The Morgan fingerprint density at radius 3 is 2.50 bits per heavy atom. The van der Waals surface area contributed by atoms with Gasteiger partial charge >= 0.3 is 0 Å². The van der Waals surface area contributed by atoms with Crippen LogP contribution in [0.25, 0.3) is 0 Å². The smallest absolute Gasteiger partial charge is 0.0816 e. The van der Waals surface area contributed by atoms with Crippen LogP contribution in [0, 0.1) is 11.8 Å². The first-order chi connectivity index (χ1) is 5.70. The summed E-state index contributed by atoms with van der Waals surface area (Å²) in [5.74, 6) is 1.34. The van der Waals surface area contributed by atoms with Crippen molar-refractivity contribution in [2.45, 2.75) is 32.9 Å². The Hall–Kier alpha value is -0.790. The van der Waals surface area contributed by atoms with Gasteiger partial charge in [-0.15, -0.1) is 0 Å². The molecule has 66 valence electrons. The number of hydrogen-bond donors (Lipinski definition) is 1. The normalized spacial score (nSPS) is 38.3. The maximum absolute atomic E-state index is 4.37. The summed E-state index contributed by atoms with van der Waals surface area (Å²) in [5, 5.41) is 3.33. The second-order valence-corrected chi connectivity index (χ2v) is 4.13. The van der Waals surface area contributed by atoms with Crippen LogP contribution in [-0.2, 0) is 0 Å². The van der Waals surface area contributed by atoms with Crippen LogP contribution in [0.15, 0.2) is 16.8 Å². The van der Waals surface area contributed by atoms with E-state index >= 15 is 0 Å². The van der Waals surface area contributed by atoms with Gasteiger partial charge in [-0.25, -0.2) is 0 Å². The fraction of sp³-hybridized carbons (Fsp3) is 0.700. The van der Waals surface area contributed by atoms with Gasteiger partial charge in [0.05, 0.1) is 12.1 Å². The van der Waals surface area contributed by atoms with E-state index in [2.05, 4.69) is 37.3 Å². The Bertz CT molecular complexity index is 240. The zero-order valence-electron chi connectivity index (χ0n) is 7.91. The van der Waals surface area contributed by atoms with E-state index in [0.29, 0.717) is 23.9 Å². The molecule has 2 aliphatic rings. The number of nitrogens with zero attached hydrogens (tertiary/aromatic N) is 1. The summed E-state index contributed by atoms with van der Waals surface area (Å²) in [4.78, 5) is 4.37. The minimum Gasteiger partial charge on any atom is -0.384 e. The van der Waals surface area contributed by atoms with Crippen LogP contribution in [0.1, 0.15) is 20.8 Å². The lowest BCUT2D eigenvalue weighted by Gasteiger charge is -2.40. The maximum Gasteiger partial charge on any atom is 0.0816 e. The van der Waals surface area contributed by atoms with E-state index in [-0.39, 0.29) is 0 Å². The lowest BCUT2D eigenvalue weighted by atomic mass is 9.80. The summed E-state index contributed by atoms with van der Waals surface area (Å²) in [5.41, 5.74) is 1.50. The van der Waals surface area contributed by atoms with E-state index in [1.807, 2.05) is 6.21 Å². The molecule has 3 atom stereocenters. The fourth-order valence-electron chi connectivity index (χ4n) is 1.86. The van der Waals surface area contributed by atoms with Crippen molar-refractivity contribution in [1.29, 1.82) is 0 Å². The molecule has 0 amide bonds. The van der Waals surface area contributed by atoms with Crippen LogP contribution in [-0.4, -0.2) is 18.3 Å². The highest BCUT2D eigenvalue weighted by Crippen LogP contribution is 2.31. The van der Waals surface area contributed by atoms with Gasteiger partial charge in [-0.2, -0.15) is 0 Å². The third-order valence-corrected chi connectivity index (χ3v) is 2.78. The molecule has 0 aromatic carbocycles. The van der Waals surface area contributed by atoms with Crippen LogP contribution in [0.3, 0.4) is 0 Å². The average Bonchev–Trinajstić information content (AvgIpc) is 1.93. The van der Waals surface area contributed by atoms with Crippen molar-refractivity contribution in [1.82, 2.24) is 5.32 Å². The molecule has 2 heterocycles. The summed E-state index contributed by atoms with van der Waals surface area (Å²) in [6, 6.07) is 1.06. The molecule has 0 fully saturated rings. The van der Waals surface area contributed by atoms with Crippen molar-refractivity contribution in [3.8, 4) is 0 Å². The highest BCUT2D eigenvalue weighted by Gasteiger charge is 2.35. The molecule has 0 aromatic heterocycles. The van der Waals surface area contributed by atoms with Crippen molar-refractivity contribution < 1.29 is 0 Å². The zero-order valence-corrected chi connectivity index (χ0v) is 7.91. The number of rotatable bonds is 2. The van der Waals surface area contributed by atoms with Crippen molar-refractivity contribution in [2.24, 2.45) is 16.8 Å². The topological polar surface area (TPSA) is 24.4 Å². The molecular weight excluding hydrogens is 148 g/mol. The molecular formula is C10H16N2. The highest BCUT2D eigenvalue weighted by atomic mass is 15.0. The van der Waals surface area contributed by atoms with Gasteiger partial charge in [0.15, 0.2) is 0 Å². The van der Waals surface area contributed by atoms with E-state index in [1.54, 1.807) is 0 Å². The first-order valence-electron chi connectivity index (χ1n) is 4.69. The molecule has 0 aliphatic carbocycles. The molecule has 0 spiro atoms. The SMILES string of the molecule is CC1C=N[C@@H]1C1=CN[C@H]1C(C)C. The van der Waals surface area contributed by atoms with Gasteiger partial charge in [0.2, 0.25) is 0 Å². The molecule has 2 aliphatic heterocycles. The van der Waals surface area contributed by atoms with Gasteiger partial charge in [-0.05, 0) is 11.5 Å². The van der Waals surface area contributed by atoms with Crippen molar-refractivity contribution in [2.75, 3.05) is 0 Å². The predicted octanol–water partition coefficient (Wildman–Crippen LogP) is 1.59. The Kier molecular flexibility index (Phi) is 1.71. The quantitative estimate of drug-likeness (QED) is 0.658. The second-order valence-electron chi connectivity index (χ2n) is 4.13. The molecule has 1 N–H and O–H groups in total. The summed E-state index contributed by atoms with van der Waals surface area (Å²) in [6.45, 7) is 6.73. The van der Waals surface area contributed by atoms with Crippen molar-refractivity contribution in [3.63, 3.8) is 0 Å². The van der Waals surface area contributed by atoms with Gasteiger partial charge in [0.25, 0.3) is 0 Å². The Balaban J connectivity index is 2.03. The monoisotopic (exact) mass is 164 g/mol. The van der Waals surface area contributed by atoms with E-state index in [0.717, 1.165) is 0 Å². The minimum absolute atomic E-state index is 0.485. The standard InChI is InChI=1S/C10H16N2/c1-6(2)9-8(5-12-9)10-7(3)4-11-10/h4-7,9-10,12H,1-3H3/t7?,9-,10-/m0/s1. The summed E-state index contributed by atoms with van der Waals surface area (Å²) in [7, 11) is 0. The maximum atomic E-state index is 4.37. The van der Waals surface area contributed by atoms with E-state index < -0.39 is 0 Å². The second kappa shape index (κ2) is 2.61. The summed E-state index contributed by atoms with van der Waals surface area (Å²) in [6.07, 6.45) is 4.17. The third-order valence-electron chi connectivity index (χ3n) is 2.78. The first kappa shape index (κ1) is 7.84. The molecule has 0 aromatic rings. The molecule has 0 saturated heterocycles. The van der Waals surface area contributed by atoms with Crippen molar-refractivity contribution >= 4 is 6.21 Å². The molecule has 2 nitrogen and oxygen atoms in total. The molecule has 0 saturated carbocycles. The number of hydrogen-bond acceptors (Lipinski definition) is 2. The zero-order chi connectivity index (χ0) is 8.72. The van der Waals surface area contributed by atoms with Gasteiger partial charge in [-0.1, -0.05) is 20.8 Å². The molecule has 12 heavy (non-hydrogen) atoms. The predicted molar refractivity (Wildman–Crippen MR) is 51.3 cm³/mol. The van der Waals surface area contributed by atoms with Gasteiger partial charge in [0, 0.05) is 18.3 Å². The summed E-state index contributed by atoms with van der Waals surface area (Å²) >= 11 is 0. The largest absolute Gasteiger partial charge is 0.384 e. The summed E-state index contributed by atoms with van der Waals surface area (Å²) < 4.78 is 0. The first-order valence-corrected chi connectivity index (χ1v) is 4.69. The molecule has 2 rings (SSSR count). The molecule has 0 bridgehead atoms. The highest BCUT2D eigenvalue weighted by molar-refractivity contribution is 5.70. The molecule has 1 unspecified atom stereocenters. The molecule has 2 heteroatoms. The minimum atomic E-state index is 0.485. The molecule has 0 radical (unpaired) electrons. The Labute approximate surface area is 73.8 Å². The third kappa shape index (κ3) is 0.977. The Morgan fingerprint density at radius 1 is 1.50 bits per heavy atom. The van der Waals surface area contributed by atoms with E-state index in [1.165, 1.54) is 5.57 Å². The van der Waals surface area contributed by atoms with Gasteiger partial charge in [-0.3, -0.25) is 4.99 Å². The van der Waals surface area contributed by atoms with Crippen LogP contribution in [0.5, 0.6) is 0 Å². The van der Waals surface area contributed by atoms with Crippen LogP contribution in [0.4, 0.5) is 0 Å². The lowest BCUT2D eigenvalue weighted by molar-refractivity contribution is 0.400. The van der Waals surface area contributed by atoms with Crippen LogP contribution >= 0.6 is 0 Å². The van der Waals surface area contributed by atoms with Gasteiger partial charge < -0.3 is 5.32 Å². The fourth-order valence-corrected chi connectivity index (χ4v) is 1.86. The Morgan fingerprint density at radius 2 is 2.25 bits per heavy atom. The van der Waals surface area contributed by atoms with Gasteiger partial charge in [0.1, 0.15) is 0 Å². The van der Waals surface area contributed by atoms with E-state index in [9.17, 15) is 0 Å².